The highest BCUT2D eigenvalue weighted by Crippen LogP contribution is 2.32. The molecule has 0 atom stereocenters. The summed E-state index contributed by atoms with van der Waals surface area (Å²) in [5, 5.41) is 0.310. The molecule has 1 saturated heterocycles. The second kappa shape index (κ2) is 11.7. The largest absolute Gasteiger partial charge is 0.450 e. The Balaban J connectivity index is 1.38. The Labute approximate surface area is 234 Å². The van der Waals surface area contributed by atoms with Gasteiger partial charge in [0, 0.05) is 44.1 Å². The lowest BCUT2D eigenvalue weighted by Gasteiger charge is -2.33. The Morgan fingerprint density at radius 2 is 1.80 bits per heavy atom. The third kappa shape index (κ3) is 5.67. The van der Waals surface area contributed by atoms with Crippen molar-refractivity contribution in [2.45, 2.75) is 18.4 Å². The molecule has 0 saturated carbocycles. The zero-order valence-electron chi connectivity index (χ0n) is 21.6. The summed E-state index contributed by atoms with van der Waals surface area (Å²) in [6, 6.07) is 13.9. The number of halogens is 1. The van der Waals surface area contributed by atoms with Crippen LogP contribution in [0.5, 0.6) is 0 Å². The summed E-state index contributed by atoms with van der Waals surface area (Å²) in [6.45, 7) is 2.81. The number of carbonyl (C=O) groups excluding carboxylic acids is 2. The van der Waals surface area contributed by atoms with E-state index in [-0.39, 0.29) is 55.3 Å². The van der Waals surface area contributed by atoms with Crippen molar-refractivity contribution in [2.24, 2.45) is 0 Å². The number of hydrogen-bond acceptors (Lipinski definition) is 8. The third-order valence-corrected chi connectivity index (χ3v) is 9.36. The predicted octanol–water partition coefficient (Wildman–Crippen LogP) is 4.14. The van der Waals surface area contributed by atoms with Crippen molar-refractivity contribution in [3.8, 4) is 0 Å². The van der Waals surface area contributed by atoms with Crippen molar-refractivity contribution in [1.82, 2.24) is 19.2 Å². The van der Waals surface area contributed by atoms with E-state index in [4.69, 9.17) is 4.74 Å². The number of pyridine rings is 1. The topological polar surface area (TPSA) is 113 Å². The van der Waals surface area contributed by atoms with Crippen LogP contribution < -0.4 is 4.90 Å². The normalized spacial score (nSPS) is 14.3. The van der Waals surface area contributed by atoms with Crippen molar-refractivity contribution < 1.29 is 27.1 Å². The summed E-state index contributed by atoms with van der Waals surface area (Å²) in [7, 11) is -3.84. The van der Waals surface area contributed by atoms with Crippen LogP contribution >= 0.6 is 11.3 Å². The maximum absolute atomic E-state index is 14.4. The molecule has 13 heteroatoms. The van der Waals surface area contributed by atoms with Gasteiger partial charge in [-0.3, -0.25) is 14.7 Å². The Kier molecular flexibility index (Phi) is 8.05. The Bertz CT molecular complexity index is 1620. The number of carbonyl (C=O) groups is 2. The molecular weight excluding hydrogens is 557 g/mol. The highest BCUT2D eigenvalue weighted by molar-refractivity contribution is 7.89. The van der Waals surface area contributed by atoms with Gasteiger partial charge in [-0.05, 0) is 55.0 Å². The van der Waals surface area contributed by atoms with Crippen LogP contribution in [0.1, 0.15) is 22.8 Å². The number of ether oxygens (including phenoxy) is 1. The molecule has 0 unspecified atom stereocenters. The lowest BCUT2D eigenvalue weighted by molar-refractivity contribution is 0.0933. The summed E-state index contributed by atoms with van der Waals surface area (Å²) in [5.74, 6) is -0.901. The van der Waals surface area contributed by atoms with Gasteiger partial charge in [0.05, 0.1) is 22.7 Å². The van der Waals surface area contributed by atoms with Crippen LogP contribution in [0.15, 0.2) is 71.9 Å². The van der Waals surface area contributed by atoms with Crippen LogP contribution in [0.3, 0.4) is 0 Å². The molecule has 2 aromatic carbocycles. The zero-order valence-corrected chi connectivity index (χ0v) is 23.2. The van der Waals surface area contributed by atoms with Gasteiger partial charge in [-0.25, -0.2) is 22.6 Å². The fourth-order valence-corrected chi connectivity index (χ4v) is 6.72. The molecule has 1 aliphatic heterocycles. The molecule has 3 heterocycles. The first kappa shape index (κ1) is 27.6. The highest BCUT2D eigenvalue weighted by atomic mass is 32.2. The van der Waals surface area contributed by atoms with Crippen molar-refractivity contribution in [3.63, 3.8) is 0 Å². The number of piperazine rings is 1. The quantitative estimate of drug-likeness (QED) is 0.321. The molecule has 0 bridgehead atoms. The van der Waals surface area contributed by atoms with Crippen molar-refractivity contribution >= 4 is 48.7 Å². The number of fused-ring (bicyclic) bond motifs is 1. The van der Waals surface area contributed by atoms with Crippen LogP contribution in [0.4, 0.5) is 14.3 Å². The van der Waals surface area contributed by atoms with E-state index >= 15 is 0 Å². The summed E-state index contributed by atoms with van der Waals surface area (Å²) in [4.78, 5) is 37.1. The number of aromatic nitrogens is 2. The van der Waals surface area contributed by atoms with E-state index in [1.54, 1.807) is 37.5 Å². The van der Waals surface area contributed by atoms with Crippen LogP contribution in [-0.4, -0.2) is 72.4 Å². The second-order valence-electron chi connectivity index (χ2n) is 8.95. The Morgan fingerprint density at radius 1 is 1.05 bits per heavy atom. The number of sulfonamides is 1. The van der Waals surface area contributed by atoms with E-state index < -0.39 is 27.8 Å². The van der Waals surface area contributed by atoms with Crippen LogP contribution in [0, 0.1) is 5.82 Å². The smallest absolute Gasteiger partial charge is 0.409 e. The van der Waals surface area contributed by atoms with Gasteiger partial charge in [0.25, 0.3) is 5.91 Å². The molecule has 0 aliphatic carbocycles. The van der Waals surface area contributed by atoms with Gasteiger partial charge in [0.15, 0.2) is 5.13 Å². The second-order valence-corrected chi connectivity index (χ2v) is 11.9. The van der Waals surface area contributed by atoms with Gasteiger partial charge in [-0.15, -0.1) is 0 Å². The van der Waals surface area contributed by atoms with Crippen molar-refractivity contribution in [3.05, 3.63) is 83.9 Å². The third-order valence-electron chi connectivity index (χ3n) is 6.40. The van der Waals surface area contributed by atoms with E-state index in [0.29, 0.717) is 9.83 Å². The fraction of sp³-hybridized carbons (Fsp3) is 0.259. The molecule has 2 amide bonds. The summed E-state index contributed by atoms with van der Waals surface area (Å²) in [6.07, 6.45) is 2.79. The summed E-state index contributed by atoms with van der Waals surface area (Å²) in [5.41, 5.74) is 1.17. The van der Waals surface area contributed by atoms with E-state index in [1.807, 2.05) is 6.07 Å². The van der Waals surface area contributed by atoms with E-state index in [9.17, 15) is 22.4 Å². The molecular formula is C27H26FN5O5S2. The Morgan fingerprint density at radius 3 is 2.45 bits per heavy atom. The SMILES string of the molecule is CCOC(=O)N1CCN(S(=O)(=O)c2ccc(C(=O)N(Cc3cccnc3)c3nc4c(F)cccc4s3)cc2)CC1. The van der Waals surface area contributed by atoms with Gasteiger partial charge in [-0.1, -0.05) is 23.5 Å². The molecule has 0 radical (unpaired) electrons. The molecule has 1 aliphatic rings. The standard InChI is InChI=1S/C27H26FN5O5S2/c1-2-38-27(35)31-13-15-32(16-14-31)40(36,37)21-10-8-20(9-11-21)25(34)33(18-19-5-4-12-29-17-19)26-30-24-22(28)6-3-7-23(24)39-26/h3-12,17H,2,13-16,18H2,1H3. The number of nitrogens with zero attached hydrogens (tertiary/aromatic N) is 5. The van der Waals surface area contributed by atoms with Gasteiger partial charge in [0.2, 0.25) is 10.0 Å². The molecule has 2 aromatic heterocycles. The number of benzene rings is 2. The molecule has 208 valence electrons. The summed E-state index contributed by atoms with van der Waals surface area (Å²) >= 11 is 1.19. The average molecular weight is 584 g/mol. The molecule has 0 N–H and O–H groups in total. The zero-order chi connectivity index (χ0) is 28.3. The van der Waals surface area contributed by atoms with Crippen LogP contribution in [0.25, 0.3) is 10.2 Å². The number of amides is 2. The lowest BCUT2D eigenvalue weighted by Crippen LogP contribution is -2.50. The van der Waals surface area contributed by atoms with Gasteiger partial charge >= 0.3 is 6.09 Å². The van der Waals surface area contributed by atoms with Crippen LogP contribution in [-0.2, 0) is 21.3 Å². The van der Waals surface area contributed by atoms with Gasteiger partial charge < -0.3 is 9.64 Å². The number of thiazole rings is 1. The number of hydrogen-bond donors (Lipinski definition) is 0. The molecule has 0 spiro atoms. The Hall–Kier alpha value is -3.94. The maximum Gasteiger partial charge on any atom is 0.409 e. The molecule has 1 fully saturated rings. The minimum atomic E-state index is -3.84. The fourth-order valence-electron chi connectivity index (χ4n) is 4.32. The average Bonchev–Trinajstić information content (AvgIpc) is 3.42. The van der Waals surface area contributed by atoms with Gasteiger partial charge in [-0.2, -0.15) is 4.31 Å². The van der Waals surface area contributed by atoms with Crippen molar-refractivity contribution in [2.75, 3.05) is 37.7 Å². The first-order valence-electron chi connectivity index (χ1n) is 12.6. The highest BCUT2D eigenvalue weighted by Gasteiger charge is 2.31. The molecule has 10 nitrogen and oxygen atoms in total. The number of para-hydroxylation sites is 1. The minimum Gasteiger partial charge on any atom is -0.450 e. The first-order chi connectivity index (χ1) is 19.3. The van der Waals surface area contributed by atoms with E-state index in [0.717, 1.165) is 5.56 Å². The monoisotopic (exact) mass is 583 g/mol. The predicted molar refractivity (Wildman–Crippen MR) is 148 cm³/mol. The van der Waals surface area contributed by atoms with Gasteiger partial charge in [0.1, 0.15) is 11.3 Å². The minimum absolute atomic E-state index is 0.0366. The number of anilines is 1. The summed E-state index contributed by atoms with van der Waals surface area (Å²) < 4.78 is 47.8. The molecule has 40 heavy (non-hydrogen) atoms. The molecule has 5 rings (SSSR count). The lowest BCUT2D eigenvalue weighted by atomic mass is 10.2. The molecule has 4 aromatic rings. The number of rotatable bonds is 7. The van der Waals surface area contributed by atoms with Crippen molar-refractivity contribution in [1.29, 1.82) is 0 Å². The first-order valence-corrected chi connectivity index (χ1v) is 14.8. The van der Waals surface area contributed by atoms with Crippen LogP contribution in [0.2, 0.25) is 0 Å². The van der Waals surface area contributed by atoms with E-state index in [2.05, 4.69) is 9.97 Å². The van der Waals surface area contributed by atoms with E-state index in [1.165, 1.54) is 55.8 Å². The maximum atomic E-state index is 14.4.